The van der Waals surface area contributed by atoms with Crippen molar-refractivity contribution in [2.24, 2.45) is 0 Å². The van der Waals surface area contributed by atoms with Crippen LogP contribution in [0.4, 0.5) is 0 Å². The van der Waals surface area contributed by atoms with Crippen LogP contribution in [-0.4, -0.2) is 41.9 Å². The van der Waals surface area contributed by atoms with Crippen LogP contribution < -0.4 is 10.1 Å². The second kappa shape index (κ2) is 8.37. The number of carbonyl (C=O) groups excluding carboxylic acids is 2. The summed E-state index contributed by atoms with van der Waals surface area (Å²) in [7, 11) is 0. The van der Waals surface area contributed by atoms with Crippen molar-refractivity contribution in [3.8, 4) is 5.75 Å². The van der Waals surface area contributed by atoms with E-state index in [1.807, 2.05) is 11.8 Å². The maximum absolute atomic E-state index is 12.5. The van der Waals surface area contributed by atoms with Gasteiger partial charge in [0.2, 0.25) is 0 Å². The zero-order valence-electron chi connectivity index (χ0n) is 15.0. The SMILES string of the molecule is CCN(C(=O)COc1cccc(C(=O)NC2CC2)c1)C1CCCCC1. The van der Waals surface area contributed by atoms with Crippen molar-refractivity contribution in [1.82, 2.24) is 10.2 Å². The third-order valence-corrected chi connectivity index (χ3v) is 5.05. The Kier molecular flexibility index (Phi) is 5.95. The van der Waals surface area contributed by atoms with Gasteiger partial charge in [-0.05, 0) is 50.8 Å². The molecule has 0 unspecified atom stereocenters. The predicted molar refractivity (Wildman–Crippen MR) is 96.7 cm³/mol. The van der Waals surface area contributed by atoms with Crippen LogP contribution in [0.15, 0.2) is 24.3 Å². The van der Waals surface area contributed by atoms with E-state index in [4.69, 9.17) is 4.74 Å². The van der Waals surface area contributed by atoms with Crippen LogP contribution in [0, 0.1) is 0 Å². The first-order chi connectivity index (χ1) is 12.2. The molecule has 0 spiro atoms. The first kappa shape index (κ1) is 17.8. The minimum Gasteiger partial charge on any atom is -0.484 e. The molecule has 3 rings (SSSR count). The van der Waals surface area contributed by atoms with E-state index < -0.39 is 0 Å². The molecule has 0 aliphatic heterocycles. The van der Waals surface area contributed by atoms with Crippen LogP contribution in [0.3, 0.4) is 0 Å². The molecule has 136 valence electrons. The fourth-order valence-corrected chi connectivity index (χ4v) is 3.48. The molecule has 2 saturated carbocycles. The number of hydrogen-bond acceptors (Lipinski definition) is 3. The van der Waals surface area contributed by atoms with Crippen LogP contribution in [0.25, 0.3) is 0 Å². The van der Waals surface area contributed by atoms with E-state index in [-0.39, 0.29) is 18.4 Å². The highest BCUT2D eigenvalue weighted by Crippen LogP contribution is 2.23. The number of nitrogens with one attached hydrogen (secondary N) is 1. The number of likely N-dealkylation sites (N-methyl/N-ethyl adjacent to an activating group) is 1. The Morgan fingerprint density at radius 3 is 2.60 bits per heavy atom. The summed E-state index contributed by atoms with van der Waals surface area (Å²) in [6, 6.07) is 7.74. The Morgan fingerprint density at radius 1 is 1.16 bits per heavy atom. The average Bonchev–Trinajstić information content (AvgIpc) is 3.46. The molecule has 2 amide bonds. The first-order valence-electron chi connectivity index (χ1n) is 9.50. The summed E-state index contributed by atoms with van der Waals surface area (Å²) in [5.74, 6) is 0.524. The molecule has 0 radical (unpaired) electrons. The summed E-state index contributed by atoms with van der Waals surface area (Å²) < 4.78 is 5.68. The molecule has 1 aromatic carbocycles. The van der Waals surface area contributed by atoms with E-state index >= 15 is 0 Å². The first-order valence-corrected chi connectivity index (χ1v) is 9.50. The number of ether oxygens (including phenoxy) is 1. The largest absolute Gasteiger partial charge is 0.484 e. The monoisotopic (exact) mass is 344 g/mol. The molecule has 0 bridgehead atoms. The molecule has 5 nitrogen and oxygen atoms in total. The van der Waals surface area contributed by atoms with E-state index in [1.165, 1.54) is 19.3 Å². The third kappa shape index (κ3) is 4.97. The summed E-state index contributed by atoms with van der Waals surface area (Å²) in [6.07, 6.45) is 7.98. The average molecular weight is 344 g/mol. The van der Waals surface area contributed by atoms with Crippen LogP contribution in [0.5, 0.6) is 5.75 Å². The van der Waals surface area contributed by atoms with E-state index in [1.54, 1.807) is 24.3 Å². The second-order valence-electron chi connectivity index (χ2n) is 7.04. The Balaban J connectivity index is 1.54. The molecule has 0 heterocycles. The van der Waals surface area contributed by atoms with Crippen molar-refractivity contribution in [2.75, 3.05) is 13.2 Å². The molecule has 2 fully saturated rings. The zero-order valence-corrected chi connectivity index (χ0v) is 15.0. The summed E-state index contributed by atoms with van der Waals surface area (Å²) in [5.41, 5.74) is 0.580. The Bertz CT molecular complexity index is 607. The Labute approximate surface area is 149 Å². The zero-order chi connectivity index (χ0) is 17.6. The highest BCUT2D eigenvalue weighted by atomic mass is 16.5. The molecule has 1 aromatic rings. The molecule has 0 atom stereocenters. The molecule has 25 heavy (non-hydrogen) atoms. The lowest BCUT2D eigenvalue weighted by molar-refractivity contribution is -0.136. The standard InChI is InChI=1S/C20H28N2O3/c1-2-22(17-8-4-3-5-9-17)19(23)14-25-18-10-6-7-15(13-18)20(24)21-16-11-12-16/h6-7,10,13,16-17H,2-5,8-9,11-12,14H2,1H3,(H,21,24). The second-order valence-corrected chi connectivity index (χ2v) is 7.04. The molecule has 2 aliphatic carbocycles. The van der Waals surface area contributed by atoms with Crippen LogP contribution in [0.2, 0.25) is 0 Å². The van der Waals surface area contributed by atoms with Gasteiger partial charge in [0.25, 0.3) is 11.8 Å². The van der Waals surface area contributed by atoms with Gasteiger partial charge >= 0.3 is 0 Å². The predicted octanol–water partition coefficient (Wildman–Crippen LogP) is 3.14. The number of nitrogens with zero attached hydrogens (tertiary/aromatic N) is 1. The summed E-state index contributed by atoms with van der Waals surface area (Å²) in [5, 5.41) is 2.96. The lowest BCUT2D eigenvalue weighted by Crippen LogP contribution is -2.43. The lowest BCUT2D eigenvalue weighted by atomic mass is 9.94. The molecule has 2 aliphatic rings. The van der Waals surface area contributed by atoms with Gasteiger partial charge in [-0.15, -0.1) is 0 Å². The van der Waals surface area contributed by atoms with Crippen molar-refractivity contribution in [3.63, 3.8) is 0 Å². The van der Waals surface area contributed by atoms with Crippen molar-refractivity contribution >= 4 is 11.8 Å². The highest BCUT2D eigenvalue weighted by Gasteiger charge is 2.25. The van der Waals surface area contributed by atoms with Crippen molar-refractivity contribution < 1.29 is 14.3 Å². The molecule has 5 heteroatoms. The van der Waals surface area contributed by atoms with Gasteiger partial charge in [0.15, 0.2) is 6.61 Å². The third-order valence-electron chi connectivity index (χ3n) is 5.05. The summed E-state index contributed by atoms with van der Waals surface area (Å²) in [4.78, 5) is 26.6. The van der Waals surface area contributed by atoms with Gasteiger partial charge < -0.3 is 15.0 Å². The van der Waals surface area contributed by atoms with E-state index in [0.29, 0.717) is 23.4 Å². The van der Waals surface area contributed by atoms with Crippen molar-refractivity contribution in [1.29, 1.82) is 0 Å². The van der Waals surface area contributed by atoms with Gasteiger partial charge in [0, 0.05) is 24.2 Å². The van der Waals surface area contributed by atoms with Crippen molar-refractivity contribution in [2.45, 2.75) is 64.0 Å². The summed E-state index contributed by atoms with van der Waals surface area (Å²) >= 11 is 0. The fraction of sp³-hybridized carbons (Fsp3) is 0.600. The molecule has 0 aromatic heterocycles. The van der Waals surface area contributed by atoms with Crippen LogP contribution in [0.1, 0.15) is 62.2 Å². The van der Waals surface area contributed by atoms with Gasteiger partial charge in [0.1, 0.15) is 5.75 Å². The van der Waals surface area contributed by atoms with Crippen molar-refractivity contribution in [3.05, 3.63) is 29.8 Å². The van der Waals surface area contributed by atoms with Gasteiger partial charge in [-0.1, -0.05) is 25.3 Å². The van der Waals surface area contributed by atoms with Gasteiger partial charge in [-0.3, -0.25) is 9.59 Å². The topological polar surface area (TPSA) is 58.6 Å². The lowest BCUT2D eigenvalue weighted by Gasteiger charge is -2.33. The van der Waals surface area contributed by atoms with Gasteiger partial charge in [-0.25, -0.2) is 0 Å². The maximum Gasteiger partial charge on any atom is 0.260 e. The maximum atomic E-state index is 12.5. The van der Waals surface area contributed by atoms with E-state index in [2.05, 4.69) is 5.32 Å². The molecule has 1 N–H and O–H groups in total. The normalized spacial score (nSPS) is 17.8. The number of amides is 2. The van der Waals surface area contributed by atoms with Gasteiger partial charge in [-0.2, -0.15) is 0 Å². The van der Waals surface area contributed by atoms with Crippen LogP contribution in [-0.2, 0) is 4.79 Å². The minimum atomic E-state index is -0.0725. The Morgan fingerprint density at radius 2 is 1.92 bits per heavy atom. The van der Waals surface area contributed by atoms with E-state index in [0.717, 1.165) is 32.2 Å². The highest BCUT2D eigenvalue weighted by molar-refractivity contribution is 5.95. The fourth-order valence-electron chi connectivity index (χ4n) is 3.48. The quantitative estimate of drug-likeness (QED) is 0.827. The number of hydrogen-bond donors (Lipinski definition) is 1. The Hall–Kier alpha value is -2.04. The smallest absolute Gasteiger partial charge is 0.260 e. The van der Waals surface area contributed by atoms with Crippen LogP contribution >= 0.6 is 0 Å². The number of carbonyl (C=O) groups is 2. The summed E-state index contributed by atoms with van der Waals surface area (Å²) in [6.45, 7) is 2.77. The number of rotatable bonds is 7. The minimum absolute atomic E-state index is 0.0258. The molecular formula is C20H28N2O3. The van der Waals surface area contributed by atoms with Gasteiger partial charge in [0.05, 0.1) is 0 Å². The van der Waals surface area contributed by atoms with E-state index in [9.17, 15) is 9.59 Å². The molecule has 0 saturated heterocycles. The number of benzene rings is 1. The molecular weight excluding hydrogens is 316 g/mol.